The molecule has 0 spiro atoms. The number of aryl methyl sites for hydroxylation is 1. The van der Waals surface area contributed by atoms with Crippen LogP contribution in [0.4, 0.5) is 4.39 Å². The Morgan fingerprint density at radius 3 is 2.52 bits per heavy atom. The van der Waals surface area contributed by atoms with Crippen molar-refractivity contribution in [3.8, 4) is 0 Å². The van der Waals surface area contributed by atoms with Crippen molar-refractivity contribution < 1.29 is 9.18 Å². The van der Waals surface area contributed by atoms with E-state index in [1.54, 1.807) is 19.1 Å². The lowest BCUT2D eigenvalue weighted by Gasteiger charge is -2.16. The van der Waals surface area contributed by atoms with Crippen molar-refractivity contribution in [2.24, 2.45) is 0 Å². The molecule has 3 rings (SSSR count). The van der Waals surface area contributed by atoms with Crippen molar-refractivity contribution in [1.29, 1.82) is 0 Å². The fraction of sp³-hybridized carbons (Fsp3) is 0.278. The van der Waals surface area contributed by atoms with Crippen LogP contribution < -0.4 is 5.32 Å². The lowest BCUT2D eigenvalue weighted by Crippen LogP contribution is -2.32. The van der Waals surface area contributed by atoms with Gasteiger partial charge in [0.05, 0.1) is 0 Å². The summed E-state index contributed by atoms with van der Waals surface area (Å²) in [7, 11) is 0. The molecule has 1 aliphatic carbocycles. The van der Waals surface area contributed by atoms with Gasteiger partial charge in [0.2, 0.25) is 0 Å². The second kappa shape index (κ2) is 5.32. The van der Waals surface area contributed by atoms with Gasteiger partial charge in [-0.25, -0.2) is 4.39 Å². The minimum Gasteiger partial charge on any atom is -0.351 e. The van der Waals surface area contributed by atoms with Crippen LogP contribution in [0.2, 0.25) is 0 Å². The van der Waals surface area contributed by atoms with Gasteiger partial charge < -0.3 is 5.32 Å². The van der Waals surface area contributed by atoms with Gasteiger partial charge in [-0.05, 0) is 43.0 Å². The molecule has 0 bridgehead atoms. The van der Waals surface area contributed by atoms with Gasteiger partial charge in [-0.1, -0.05) is 36.4 Å². The number of rotatable bonds is 4. The zero-order valence-electron chi connectivity index (χ0n) is 12.0. The molecule has 0 aliphatic heterocycles. The Balaban J connectivity index is 1.68. The van der Waals surface area contributed by atoms with Crippen molar-refractivity contribution in [3.05, 3.63) is 71.0 Å². The van der Waals surface area contributed by atoms with Crippen LogP contribution in [0.3, 0.4) is 0 Å². The Labute approximate surface area is 124 Å². The predicted molar refractivity (Wildman–Crippen MR) is 80.8 cm³/mol. The maximum atomic E-state index is 13.5. The SMILES string of the molecule is Cc1ccc(C(=O)NCC2(c3ccccc3)CC2)cc1F. The molecule has 0 aromatic heterocycles. The van der Waals surface area contributed by atoms with Crippen LogP contribution in [0.25, 0.3) is 0 Å². The summed E-state index contributed by atoms with van der Waals surface area (Å²) in [4.78, 5) is 12.1. The largest absolute Gasteiger partial charge is 0.351 e. The molecule has 1 fully saturated rings. The summed E-state index contributed by atoms with van der Waals surface area (Å²) < 4.78 is 13.5. The molecule has 108 valence electrons. The minimum atomic E-state index is -0.341. The first-order valence-electron chi connectivity index (χ1n) is 7.21. The lowest BCUT2D eigenvalue weighted by molar-refractivity contribution is 0.0949. The Hall–Kier alpha value is -2.16. The molecule has 0 saturated heterocycles. The Bertz CT molecular complexity index is 662. The second-order valence-electron chi connectivity index (χ2n) is 5.79. The molecule has 1 amide bonds. The van der Waals surface area contributed by atoms with Gasteiger partial charge >= 0.3 is 0 Å². The van der Waals surface area contributed by atoms with E-state index >= 15 is 0 Å². The third-order valence-corrected chi connectivity index (χ3v) is 4.26. The number of hydrogen-bond acceptors (Lipinski definition) is 1. The third-order valence-electron chi connectivity index (χ3n) is 4.26. The molecule has 0 atom stereocenters. The summed E-state index contributed by atoms with van der Waals surface area (Å²) in [5.74, 6) is -0.553. The van der Waals surface area contributed by atoms with Crippen LogP contribution in [-0.2, 0) is 5.41 Å². The van der Waals surface area contributed by atoms with E-state index in [1.165, 1.54) is 11.6 Å². The van der Waals surface area contributed by atoms with Crippen molar-refractivity contribution >= 4 is 5.91 Å². The third kappa shape index (κ3) is 2.82. The molecule has 0 unspecified atom stereocenters. The van der Waals surface area contributed by atoms with Gasteiger partial charge in [-0.2, -0.15) is 0 Å². The summed E-state index contributed by atoms with van der Waals surface area (Å²) in [6, 6.07) is 14.8. The quantitative estimate of drug-likeness (QED) is 0.912. The van der Waals surface area contributed by atoms with Crippen LogP contribution >= 0.6 is 0 Å². The van der Waals surface area contributed by atoms with Gasteiger partial charge in [0.25, 0.3) is 5.91 Å². The molecule has 0 heterocycles. The van der Waals surface area contributed by atoms with E-state index in [1.807, 2.05) is 18.2 Å². The molecule has 21 heavy (non-hydrogen) atoms. The number of hydrogen-bond donors (Lipinski definition) is 1. The lowest BCUT2D eigenvalue weighted by atomic mass is 9.96. The predicted octanol–water partition coefficient (Wildman–Crippen LogP) is 3.60. The van der Waals surface area contributed by atoms with Crippen molar-refractivity contribution in [2.45, 2.75) is 25.2 Å². The number of carbonyl (C=O) groups is 1. The van der Waals surface area contributed by atoms with E-state index < -0.39 is 0 Å². The second-order valence-corrected chi connectivity index (χ2v) is 5.79. The smallest absolute Gasteiger partial charge is 0.251 e. The summed E-state index contributed by atoms with van der Waals surface area (Å²) in [6.45, 7) is 2.29. The average molecular weight is 283 g/mol. The fourth-order valence-electron chi connectivity index (χ4n) is 2.60. The number of benzene rings is 2. The fourth-order valence-corrected chi connectivity index (χ4v) is 2.60. The summed E-state index contributed by atoms with van der Waals surface area (Å²) in [6.07, 6.45) is 2.17. The highest BCUT2D eigenvalue weighted by Gasteiger charge is 2.44. The van der Waals surface area contributed by atoms with Crippen molar-refractivity contribution in [3.63, 3.8) is 0 Å². The van der Waals surface area contributed by atoms with Crippen LogP contribution in [0, 0.1) is 12.7 Å². The van der Waals surface area contributed by atoms with Crippen molar-refractivity contribution in [1.82, 2.24) is 5.32 Å². The van der Waals surface area contributed by atoms with E-state index in [2.05, 4.69) is 17.4 Å². The molecule has 3 heteroatoms. The Morgan fingerprint density at radius 1 is 1.19 bits per heavy atom. The molecular formula is C18H18FNO. The standard InChI is InChI=1S/C18H18FNO/c1-13-7-8-14(11-16(13)19)17(21)20-12-18(9-10-18)15-5-3-2-4-6-15/h2-8,11H,9-10,12H2,1H3,(H,20,21). The van der Waals surface area contributed by atoms with Gasteiger partial charge in [-0.15, -0.1) is 0 Å². The highest BCUT2D eigenvalue weighted by molar-refractivity contribution is 5.94. The van der Waals surface area contributed by atoms with Crippen LogP contribution in [0.15, 0.2) is 48.5 Å². The first-order chi connectivity index (χ1) is 10.1. The summed E-state index contributed by atoms with van der Waals surface area (Å²) >= 11 is 0. The van der Waals surface area contributed by atoms with Crippen molar-refractivity contribution in [2.75, 3.05) is 6.54 Å². The highest BCUT2D eigenvalue weighted by atomic mass is 19.1. The maximum absolute atomic E-state index is 13.5. The number of nitrogens with one attached hydrogen (secondary N) is 1. The Morgan fingerprint density at radius 2 is 1.90 bits per heavy atom. The molecule has 1 N–H and O–H groups in total. The van der Waals surface area contributed by atoms with Crippen LogP contribution in [-0.4, -0.2) is 12.5 Å². The van der Waals surface area contributed by atoms with E-state index in [4.69, 9.17) is 0 Å². The zero-order chi connectivity index (χ0) is 14.9. The van der Waals surface area contributed by atoms with E-state index in [-0.39, 0.29) is 17.1 Å². The summed E-state index contributed by atoms with van der Waals surface area (Å²) in [5, 5.41) is 2.94. The molecule has 2 nitrogen and oxygen atoms in total. The van der Waals surface area contributed by atoms with E-state index in [0.717, 1.165) is 12.8 Å². The average Bonchev–Trinajstić information content (AvgIpc) is 3.30. The first-order valence-corrected chi connectivity index (χ1v) is 7.21. The normalized spacial score (nSPS) is 15.5. The first kappa shape index (κ1) is 13.8. The molecule has 0 radical (unpaired) electrons. The van der Waals surface area contributed by atoms with Gasteiger partial charge in [-0.3, -0.25) is 4.79 Å². The van der Waals surface area contributed by atoms with Gasteiger partial charge in [0.15, 0.2) is 0 Å². The van der Waals surface area contributed by atoms with Crippen LogP contribution in [0.1, 0.15) is 34.3 Å². The van der Waals surface area contributed by atoms with Gasteiger partial charge in [0.1, 0.15) is 5.82 Å². The van der Waals surface area contributed by atoms with E-state index in [0.29, 0.717) is 17.7 Å². The number of carbonyl (C=O) groups excluding carboxylic acids is 1. The van der Waals surface area contributed by atoms with Crippen LogP contribution in [0.5, 0.6) is 0 Å². The molecular weight excluding hydrogens is 265 g/mol. The maximum Gasteiger partial charge on any atom is 0.251 e. The summed E-state index contributed by atoms with van der Waals surface area (Å²) in [5.41, 5.74) is 2.26. The number of amides is 1. The van der Waals surface area contributed by atoms with Gasteiger partial charge in [0, 0.05) is 17.5 Å². The molecule has 2 aromatic rings. The molecule has 2 aromatic carbocycles. The Kier molecular flexibility index (Phi) is 3.50. The monoisotopic (exact) mass is 283 g/mol. The van der Waals surface area contributed by atoms with E-state index in [9.17, 15) is 9.18 Å². The topological polar surface area (TPSA) is 29.1 Å². The number of halogens is 1. The minimum absolute atomic E-state index is 0.0696. The zero-order valence-corrected chi connectivity index (χ0v) is 12.0. The highest BCUT2D eigenvalue weighted by Crippen LogP contribution is 2.47. The molecule has 1 saturated carbocycles. The molecule has 1 aliphatic rings.